The van der Waals surface area contributed by atoms with Crippen molar-refractivity contribution in [3.63, 3.8) is 0 Å². The number of amides is 1. The Bertz CT molecular complexity index is 563. The second-order valence-electron chi connectivity index (χ2n) is 7.19. The Hall–Kier alpha value is -1.59. The van der Waals surface area contributed by atoms with Crippen molar-refractivity contribution in [3.05, 3.63) is 29.8 Å². The summed E-state index contributed by atoms with van der Waals surface area (Å²) in [5.74, 6) is 0.791. The number of ether oxygens (including phenoxy) is 1. The Morgan fingerprint density at radius 1 is 1.42 bits per heavy atom. The van der Waals surface area contributed by atoms with E-state index >= 15 is 0 Å². The highest BCUT2D eigenvalue weighted by Crippen LogP contribution is 2.30. The first-order valence-electron chi connectivity index (χ1n) is 8.68. The number of aliphatic hydroxyl groups is 1. The molecule has 1 fully saturated rings. The molecule has 0 bridgehead atoms. The lowest BCUT2D eigenvalue weighted by Crippen LogP contribution is -2.52. The molecule has 5 nitrogen and oxygen atoms in total. The van der Waals surface area contributed by atoms with E-state index in [0.29, 0.717) is 0 Å². The summed E-state index contributed by atoms with van der Waals surface area (Å²) in [6.07, 6.45) is 2.02. The van der Waals surface area contributed by atoms with Crippen molar-refractivity contribution >= 4 is 5.91 Å². The van der Waals surface area contributed by atoms with Crippen LogP contribution in [0.3, 0.4) is 0 Å². The first-order valence-corrected chi connectivity index (χ1v) is 8.68. The molecule has 2 rings (SSSR count). The number of aliphatic hydroxyl groups excluding tert-OH is 1. The molecule has 3 atom stereocenters. The third-order valence-corrected chi connectivity index (χ3v) is 5.08. The van der Waals surface area contributed by atoms with Crippen LogP contribution in [-0.4, -0.2) is 48.8 Å². The Kier molecular flexibility index (Phi) is 6.24. The molecule has 1 aliphatic rings. The van der Waals surface area contributed by atoms with E-state index in [9.17, 15) is 9.90 Å². The van der Waals surface area contributed by atoms with Crippen LogP contribution in [0.2, 0.25) is 0 Å². The molecule has 0 saturated carbocycles. The minimum absolute atomic E-state index is 0.00981. The Balaban J connectivity index is 2.00. The van der Waals surface area contributed by atoms with Gasteiger partial charge in [-0.3, -0.25) is 9.69 Å². The lowest BCUT2D eigenvalue weighted by atomic mass is 9.82. The van der Waals surface area contributed by atoms with Gasteiger partial charge in [-0.15, -0.1) is 0 Å². The molecule has 1 aromatic rings. The van der Waals surface area contributed by atoms with Crippen LogP contribution in [0.4, 0.5) is 0 Å². The predicted molar refractivity (Wildman–Crippen MR) is 95.0 cm³/mol. The van der Waals surface area contributed by atoms with Crippen LogP contribution in [0, 0.1) is 5.41 Å². The molecule has 1 amide bonds. The van der Waals surface area contributed by atoms with Crippen molar-refractivity contribution < 1.29 is 14.6 Å². The second-order valence-corrected chi connectivity index (χ2v) is 7.19. The van der Waals surface area contributed by atoms with E-state index in [4.69, 9.17) is 4.74 Å². The number of para-hydroxylation sites is 1. The van der Waals surface area contributed by atoms with E-state index in [1.54, 1.807) is 7.11 Å². The van der Waals surface area contributed by atoms with Crippen LogP contribution >= 0.6 is 0 Å². The van der Waals surface area contributed by atoms with Gasteiger partial charge in [-0.1, -0.05) is 25.1 Å². The molecular formula is C19H30N2O3. The average Bonchev–Trinajstić information content (AvgIpc) is 2.60. The first kappa shape index (κ1) is 18.7. The molecule has 1 saturated heterocycles. The van der Waals surface area contributed by atoms with Gasteiger partial charge in [0.1, 0.15) is 5.75 Å². The van der Waals surface area contributed by atoms with Crippen LogP contribution in [0.1, 0.15) is 45.2 Å². The normalized spacial score (nSPS) is 24.2. The summed E-state index contributed by atoms with van der Waals surface area (Å²) in [6, 6.07) is 7.40. The van der Waals surface area contributed by atoms with Gasteiger partial charge < -0.3 is 15.2 Å². The standard InChI is InChI=1S/C19H30N2O3/c1-14(16-8-5-6-9-17(16)24-4)20-18(23)15(2)21-11-7-10-19(3,12-21)13-22/h5-6,8-9,14-15,22H,7,10-13H2,1-4H3,(H,20,23). The number of nitrogens with zero attached hydrogens (tertiary/aromatic N) is 1. The van der Waals surface area contributed by atoms with Crippen molar-refractivity contribution in [1.82, 2.24) is 10.2 Å². The van der Waals surface area contributed by atoms with Gasteiger partial charge in [-0.05, 0) is 39.3 Å². The number of likely N-dealkylation sites (tertiary alicyclic amines) is 1. The van der Waals surface area contributed by atoms with Crippen molar-refractivity contribution in [2.24, 2.45) is 5.41 Å². The first-order chi connectivity index (χ1) is 11.4. The number of hydrogen-bond donors (Lipinski definition) is 2. The number of hydrogen-bond acceptors (Lipinski definition) is 4. The topological polar surface area (TPSA) is 61.8 Å². The van der Waals surface area contributed by atoms with E-state index in [-0.39, 0.29) is 30.0 Å². The van der Waals surface area contributed by atoms with Gasteiger partial charge in [0, 0.05) is 24.1 Å². The van der Waals surface area contributed by atoms with Crippen molar-refractivity contribution in [1.29, 1.82) is 0 Å². The number of carbonyl (C=O) groups excluding carboxylic acids is 1. The van der Waals surface area contributed by atoms with Crippen LogP contribution in [0.5, 0.6) is 5.75 Å². The molecule has 0 radical (unpaired) electrons. The summed E-state index contributed by atoms with van der Waals surface area (Å²) >= 11 is 0. The molecule has 0 spiro atoms. The van der Waals surface area contributed by atoms with Crippen molar-refractivity contribution in [2.75, 3.05) is 26.8 Å². The van der Waals surface area contributed by atoms with E-state index in [2.05, 4.69) is 17.1 Å². The summed E-state index contributed by atoms with van der Waals surface area (Å²) in [7, 11) is 1.64. The fourth-order valence-electron chi connectivity index (χ4n) is 3.42. The maximum Gasteiger partial charge on any atom is 0.237 e. The Morgan fingerprint density at radius 3 is 2.79 bits per heavy atom. The lowest BCUT2D eigenvalue weighted by molar-refractivity contribution is -0.128. The van der Waals surface area contributed by atoms with Gasteiger partial charge in [0.15, 0.2) is 0 Å². The van der Waals surface area contributed by atoms with Crippen molar-refractivity contribution in [2.45, 2.75) is 45.7 Å². The van der Waals surface area contributed by atoms with Gasteiger partial charge in [0.2, 0.25) is 5.91 Å². The molecule has 3 unspecified atom stereocenters. The Morgan fingerprint density at radius 2 is 2.12 bits per heavy atom. The maximum atomic E-state index is 12.7. The highest BCUT2D eigenvalue weighted by Gasteiger charge is 2.34. The lowest BCUT2D eigenvalue weighted by Gasteiger charge is -2.41. The summed E-state index contributed by atoms with van der Waals surface area (Å²) in [4.78, 5) is 14.8. The minimum atomic E-state index is -0.215. The quantitative estimate of drug-likeness (QED) is 0.838. The number of nitrogens with one attached hydrogen (secondary N) is 1. The zero-order valence-corrected chi connectivity index (χ0v) is 15.2. The van der Waals surface area contributed by atoms with Gasteiger partial charge in [-0.25, -0.2) is 0 Å². The smallest absolute Gasteiger partial charge is 0.237 e. The number of carbonyl (C=O) groups is 1. The van der Waals surface area contributed by atoms with E-state index in [1.807, 2.05) is 38.1 Å². The highest BCUT2D eigenvalue weighted by atomic mass is 16.5. The molecule has 2 N–H and O–H groups in total. The summed E-state index contributed by atoms with van der Waals surface area (Å²) < 4.78 is 5.38. The summed E-state index contributed by atoms with van der Waals surface area (Å²) in [5.41, 5.74) is 0.862. The third-order valence-electron chi connectivity index (χ3n) is 5.08. The van der Waals surface area contributed by atoms with Gasteiger partial charge in [0.05, 0.1) is 19.2 Å². The molecule has 1 aromatic carbocycles. The molecule has 0 aromatic heterocycles. The molecule has 134 valence electrons. The number of benzene rings is 1. The fourth-order valence-corrected chi connectivity index (χ4v) is 3.42. The Labute approximate surface area is 145 Å². The number of rotatable bonds is 6. The van der Waals surface area contributed by atoms with Crippen LogP contribution in [0.25, 0.3) is 0 Å². The van der Waals surface area contributed by atoms with Crippen molar-refractivity contribution in [3.8, 4) is 5.75 Å². The summed E-state index contributed by atoms with van der Waals surface area (Å²) in [5, 5.41) is 12.7. The zero-order chi connectivity index (χ0) is 17.7. The molecule has 0 aliphatic carbocycles. The van der Waals surface area contributed by atoms with Gasteiger partial charge in [-0.2, -0.15) is 0 Å². The van der Waals surface area contributed by atoms with E-state index in [0.717, 1.165) is 37.2 Å². The predicted octanol–water partition coefficient (Wildman–Crippen LogP) is 2.36. The van der Waals surface area contributed by atoms with Gasteiger partial charge >= 0.3 is 0 Å². The van der Waals surface area contributed by atoms with Crippen LogP contribution in [-0.2, 0) is 4.79 Å². The molecule has 5 heteroatoms. The fraction of sp³-hybridized carbons (Fsp3) is 0.632. The SMILES string of the molecule is COc1ccccc1C(C)NC(=O)C(C)N1CCCC(C)(CO)C1. The maximum absolute atomic E-state index is 12.7. The molecule has 1 aliphatic heterocycles. The third kappa shape index (κ3) is 4.28. The molecule has 24 heavy (non-hydrogen) atoms. The molecular weight excluding hydrogens is 304 g/mol. The second kappa shape index (κ2) is 7.99. The van der Waals surface area contributed by atoms with Gasteiger partial charge in [0.25, 0.3) is 0 Å². The zero-order valence-electron chi connectivity index (χ0n) is 15.2. The average molecular weight is 334 g/mol. The highest BCUT2D eigenvalue weighted by molar-refractivity contribution is 5.81. The minimum Gasteiger partial charge on any atom is -0.496 e. The van der Waals surface area contributed by atoms with E-state index in [1.165, 1.54) is 0 Å². The number of methoxy groups -OCH3 is 1. The monoisotopic (exact) mass is 334 g/mol. The number of piperidine rings is 1. The van der Waals surface area contributed by atoms with Crippen LogP contribution in [0.15, 0.2) is 24.3 Å². The molecule has 1 heterocycles. The van der Waals surface area contributed by atoms with Crippen LogP contribution < -0.4 is 10.1 Å². The summed E-state index contributed by atoms with van der Waals surface area (Å²) in [6.45, 7) is 7.80. The largest absolute Gasteiger partial charge is 0.496 e. The van der Waals surface area contributed by atoms with E-state index < -0.39 is 0 Å².